The summed E-state index contributed by atoms with van der Waals surface area (Å²) in [4.78, 5) is 0. The van der Waals surface area contributed by atoms with E-state index < -0.39 is 6.17 Å². The second-order valence-electron chi connectivity index (χ2n) is 5.48. The Labute approximate surface area is 130 Å². The van der Waals surface area contributed by atoms with Crippen LogP contribution in [0.1, 0.15) is 64.7 Å². The van der Waals surface area contributed by atoms with Crippen LogP contribution in [0.15, 0.2) is 30.3 Å². The van der Waals surface area contributed by atoms with E-state index in [0.717, 1.165) is 18.2 Å². The molecule has 1 atom stereocenters. The summed E-state index contributed by atoms with van der Waals surface area (Å²) in [6, 6.07) is 10.3. The average Bonchev–Trinajstić information content (AvgIpc) is 2.49. The molecule has 0 spiro atoms. The number of halogens is 1. The van der Waals surface area contributed by atoms with Gasteiger partial charge in [-0.05, 0) is 0 Å². The van der Waals surface area contributed by atoms with Crippen LogP contribution in [0, 0.1) is 0 Å². The van der Waals surface area contributed by atoms with Crippen molar-refractivity contribution in [2.24, 2.45) is 0 Å². The molecule has 1 aromatic rings. The quantitative estimate of drug-likeness (QED) is 0.357. The molecule has 1 aromatic carbocycles. The molecule has 1 rings (SSSR count). The van der Waals surface area contributed by atoms with Crippen LogP contribution in [-0.2, 0) is 0 Å². The normalized spacial score (nSPS) is 12.5. The molecule has 0 saturated carbocycles. The van der Waals surface area contributed by atoms with Crippen LogP contribution in [0.25, 0.3) is 0 Å². The van der Waals surface area contributed by atoms with Crippen LogP contribution in [0.4, 0.5) is 4.39 Å². The van der Waals surface area contributed by atoms with Crippen LogP contribution in [-0.4, -0.2) is 21.1 Å². The van der Waals surface area contributed by atoms with Gasteiger partial charge in [-0.15, -0.1) is 0 Å². The molecule has 0 aliphatic rings. The Morgan fingerprint density at radius 3 is 2.15 bits per heavy atom. The van der Waals surface area contributed by atoms with E-state index in [-0.39, 0.29) is 0 Å². The predicted octanol–water partition coefficient (Wildman–Crippen LogP) is 5.30. The summed E-state index contributed by atoms with van der Waals surface area (Å²) in [6.07, 6.45) is 10.5. The first-order valence-electron chi connectivity index (χ1n) is 8.15. The molecule has 0 nitrogen and oxygen atoms in total. The molecule has 0 saturated heterocycles. The second-order valence-corrected chi connectivity index (χ2v) is 7.78. The van der Waals surface area contributed by atoms with Crippen LogP contribution < -0.4 is 4.46 Å². The molecule has 20 heavy (non-hydrogen) atoms. The zero-order valence-corrected chi connectivity index (χ0v) is 14.5. The van der Waals surface area contributed by atoms with Crippen molar-refractivity contribution in [1.29, 1.82) is 0 Å². The van der Waals surface area contributed by atoms with E-state index in [9.17, 15) is 4.39 Å². The molecule has 0 fully saturated rings. The number of rotatable bonds is 12. The predicted molar refractivity (Wildman–Crippen MR) is 88.8 cm³/mol. The molecule has 1 unspecified atom stereocenters. The first kappa shape index (κ1) is 17.7. The molecule has 0 amide bonds. The maximum atomic E-state index is 13.8. The number of unbranched alkanes of at least 4 members (excludes halogenated alkanes) is 7. The minimum absolute atomic E-state index is 0.306. The van der Waals surface area contributed by atoms with E-state index in [1.165, 1.54) is 49.4 Å². The van der Waals surface area contributed by atoms with Crippen LogP contribution in [0.3, 0.4) is 0 Å². The van der Waals surface area contributed by atoms with Crippen molar-refractivity contribution in [2.75, 3.05) is 0 Å². The molecule has 0 aliphatic carbocycles. The zero-order valence-electron chi connectivity index (χ0n) is 12.8. The molecular weight excluding hydrogens is 314 g/mol. The summed E-state index contributed by atoms with van der Waals surface area (Å²) in [5.74, 6) is 0. The van der Waals surface area contributed by atoms with Crippen molar-refractivity contribution in [3.8, 4) is 0 Å². The minimum atomic E-state index is -0.588. The number of benzene rings is 1. The van der Waals surface area contributed by atoms with Crippen molar-refractivity contribution in [1.82, 2.24) is 0 Å². The van der Waals surface area contributed by atoms with E-state index >= 15 is 0 Å². The van der Waals surface area contributed by atoms with E-state index in [2.05, 4.69) is 19.1 Å². The zero-order chi connectivity index (χ0) is 14.5. The molecule has 0 N–H and O–H groups in total. The Balaban J connectivity index is 1.91. The Hall–Kier alpha value is -0.331. The molecule has 0 radical (unpaired) electrons. The maximum absolute atomic E-state index is 13.8. The van der Waals surface area contributed by atoms with Gasteiger partial charge in [0.05, 0.1) is 0 Å². The third kappa shape index (κ3) is 9.55. The van der Waals surface area contributed by atoms with Crippen molar-refractivity contribution in [3.63, 3.8) is 0 Å². The van der Waals surface area contributed by atoms with Gasteiger partial charge in [0.25, 0.3) is 0 Å². The van der Waals surface area contributed by atoms with Crippen molar-refractivity contribution >= 4 is 19.4 Å². The molecule has 0 heterocycles. The summed E-state index contributed by atoms with van der Waals surface area (Å²) in [7, 11) is 0. The summed E-state index contributed by atoms with van der Waals surface area (Å²) >= 11 is 0.306. The fourth-order valence-corrected chi connectivity index (χ4v) is 4.15. The SMILES string of the molecule is CCCCCCCCCCC(F)C[Se]c1ccccc1. The van der Waals surface area contributed by atoms with Crippen molar-refractivity contribution in [3.05, 3.63) is 30.3 Å². The third-order valence-corrected chi connectivity index (χ3v) is 5.92. The first-order valence-corrected chi connectivity index (χ1v) is 10.2. The molecule has 0 aliphatic heterocycles. The number of hydrogen-bond acceptors (Lipinski definition) is 0. The van der Waals surface area contributed by atoms with Gasteiger partial charge >= 0.3 is 130 Å². The third-order valence-electron chi connectivity index (χ3n) is 3.54. The fraction of sp³-hybridized carbons (Fsp3) is 0.667. The summed E-state index contributed by atoms with van der Waals surface area (Å²) in [5, 5.41) is 0.744. The summed E-state index contributed by atoms with van der Waals surface area (Å²) < 4.78 is 15.1. The molecule has 114 valence electrons. The molecule has 0 bridgehead atoms. The Morgan fingerprint density at radius 2 is 1.50 bits per heavy atom. The molecule has 2 heteroatoms. The van der Waals surface area contributed by atoms with Gasteiger partial charge in [0.15, 0.2) is 0 Å². The van der Waals surface area contributed by atoms with Gasteiger partial charge in [-0.1, -0.05) is 0 Å². The summed E-state index contributed by atoms with van der Waals surface area (Å²) in [5.41, 5.74) is 0. The topological polar surface area (TPSA) is 0 Å². The van der Waals surface area contributed by atoms with Gasteiger partial charge in [-0.25, -0.2) is 0 Å². The van der Waals surface area contributed by atoms with Gasteiger partial charge in [-0.3, -0.25) is 0 Å². The number of alkyl halides is 1. The first-order chi connectivity index (χ1) is 9.83. The van der Waals surface area contributed by atoms with E-state index in [1.807, 2.05) is 18.2 Å². The number of hydrogen-bond donors (Lipinski definition) is 0. The Morgan fingerprint density at radius 1 is 0.900 bits per heavy atom. The Kier molecular flexibility index (Phi) is 11.0. The van der Waals surface area contributed by atoms with Crippen molar-refractivity contribution < 1.29 is 4.39 Å². The van der Waals surface area contributed by atoms with Crippen LogP contribution in [0.2, 0.25) is 5.32 Å². The standard InChI is InChI=1S/C18H29FSe/c1-2-3-4-5-6-7-8-10-13-17(19)16-20-18-14-11-9-12-15-18/h9,11-12,14-15,17H,2-8,10,13,16H2,1H3. The van der Waals surface area contributed by atoms with Gasteiger partial charge in [0.2, 0.25) is 0 Å². The average molecular weight is 343 g/mol. The van der Waals surface area contributed by atoms with E-state index in [0.29, 0.717) is 15.0 Å². The molecule has 0 aromatic heterocycles. The van der Waals surface area contributed by atoms with E-state index in [4.69, 9.17) is 0 Å². The van der Waals surface area contributed by atoms with Gasteiger partial charge in [-0.2, -0.15) is 0 Å². The molecular formula is C18H29FSe. The van der Waals surface area contributed by atoms with Crippen LogP contribution >= 0.6 is 0 Å². The van der Waals surface area contributed by atoms with Crippen LogP contribution in [0.5, 0.6) is 0 Å². The second kappa shape index (κ2) is 12.4. The van der Waals surface area contributed by atoms with E-state index in [1.54, 1.807) is 0 Å². The van der Waals surface area contributed by atoms with Crippen molar-refractivity contribution in [2.45, 2.75) is 76.2 Å². The van der Waals surface area contributed by atoms with Gasteiger partial charge in [0, 0.05) is 0 Å². The van der Waals surface area contributed by atoms with Gasteiger partial charge in [0.1, 0.15) is 0 Å². The fourth-order valence-electron chi connectivity index (χ4n) is 2.29. The monoisotopic (exact) mass is 344 g/mol. The van der Waals surface area contributed by atoms with Gasteiger partial charge < -0.3 is 0 Å². The summed E-state index contributed by atoms with van der Waals surface area (Å²) in [6.45, 7) is 2.25. The Bertz CT molecular complexity index is 312.